The van der Waals surface area contributed by atoms with E-state index in [1.807, 2.05) is 48.5 Å². The molecular weight excluding hydrogens is 396 g/mol. The van der Waals surface area contributed by atoms with E-state index in [1.54, 1.807) is 19.3 Å². The summed E-state index contributed by atoms with van der Waals surface area (Å²) in [6.45, 7) is 6.10. The Hall–Kier alpha value is -3.44. The smallest absolute Gasteiger partial charge is 0.0989 e. The first-order chi connectivity index (χ1) is 15.5. The molecule has 162 valence electrons. The molecule has 0 aliphatic carbocycles. The van der Waals surface area contributed by atoms with Crippen molar-refractivity contribution < 1.29 is 5.11 Å². The minimum absolute atomic E-state index is 0.510. The van der Waals surface area contributed by atoms with Crippen LogP contribution in [-0.4, -0.2) is 25.3 Å². The van der Waals surface area contributed by atoms with Crippen molar-refractivity contribution in [1.29, 1.82) is 0 Å². The van der Waals surface area contributed by atoms with Gasteiger partial charge < -0.3 is 5.11 Å². The van der Waals surface area contributed by atoms with Crippen LogP contribution in [-0.2, 0) is 12.8 Å². The summed E-state index contributed by atoms with van der Waals surface area (Å²) in [4.78, 5) is 9.08. The Morgan fingerprint density at radius 1 is 0.844 bits per heavy atom. The Bertz CT molecular complexity index is 1190. The lowest BCUT2D eigenvalue weighted by molar-refractivity contribution is 0.199. The Kier molecular flexibility index (Phi) is 6.66. The molecule has 5 heteroatoms. The minimum Gasteiger partial charge on any atom is -0.389 e. The summed E-state index contributed by atoms with van der Waals surface area (Å²) >= 11 is 0. The van der Waals surface area contributed by atoms with E-state index in [9.17, 15) is 5.11 Å². The Labute approximate surface area is 189 Å². The number of nitrogens with zero attached hydrogens (tertiary/aromatic N) is 4. The molecule has 1 N–H and O–H groups in total. The van der Waals surface area contributed by atoms with Gasteiger partial charge in [-0.1, -0.05) is 44.2 Å². The van der Waals surface area contributed by atoms with Crippen LogP contribution in [0.2, 0.25) is 0 Å². The van der Waals surface area contributed by atoms with Crippen LogP contribution < -0.4 is 0 Å². The second-order valence-corrected chi connectivity index (χ2v) is 8.50. The third-order valence-electron chi connectivity index (χ3n) is 5.36. The molecule has 1 unspecified atom stereocenters. The average Bonchev–Trinajstić information content (AvgIpc) is 2.79. The van der Waals surface area contributed by atoms with Crippen molar-refractivity contribution in [2.45, 2.75) is 39.7 Å². The van der Waals surface area contributed by atoms with Gasteiger partial charge in [0.25, 0.3) is 0 Å². The second kappa shape index (κ2) is 9.79. The fraction of sp³-hybridized carbons (Fsp3) is 0.259. The fourth-order valence-electron chi connectivity index (χ4n) is 3.84. The maximum atomic E-state index is 10.6. The van der Waals surface area contributed by atoms with Crippen LogP contribution in [0.1, 0.15) is 49.4 Å². The van der Waals surface area contributed by atoms with Crippen LogP contribution >= 0.6 is 0 Å². The maximum Gasteiger partial charge on any atom is 0.0989 e. The van der Waals surface area contributed by atoms with Crippen molar-refractivity contribution >= 4 is 0 Å². The van der Waals surface area contributed by atoms with Crippen LogP contribution in [0.5, 0.6) is 0 Å². The largest absolute Gasteiger partial charge is 0.389 e. The molecule has 1 aromatic carbocycles. The number of hydrogen-bond acceptors (Lipinski definition) is 5. The van der Waals surface area contributed by atoms with E-state index in [1.165, 1.54) is 5.56 Å². The van der Waals surface area contributed by atoms with Crippen molar-refractivity contribution in [3.05, 3.63) is 95.6 Å². The first-order valence-corrected chi connectivity index (χ1v) is 11.0. The van der Waals surface area contributed by atoms with Gasteiger partial charge >= 0.3 is 0 Å². The summed E-state index contributed by atoms with van der Waals surface area (Å²) in [5, 5.41) is 19.6. The van der Waals surface area contributed by atoms with E-state index in [-0.39, 0.29) is 0 Å². The summed E-state index contributed by atoms with van der Waals surface area (Å²) in [6, 6.07) is 20.1. The highest BCUT2D eigenvalue weighted by Gasteiger charge is 2.17. The lowest BCUT2D eigenvalue weighted by Gasteiger charge is -2.14. The summed E-state index contributed by atoms with van der Waals surface area (Å²) < 4.78 is 0. The number of rotatable bonds is 7. The quantitative estimate of drug-likeness (QED) is 0.427. The average molecular weight is 425 g/mol. The lowest BCUT2D eigenvalue weighted by Crippen LogP contribution is -2.04. The zero-order valence-electron chi connectivity index (χ0n) is 18.7. The first-order valence-electron chi connectivity index (χ1n) is 11.0. The summed E-state index contributed by atoms with van der Waals surface area (Å²) in [5.74, 6) is 0.510. The zero-order valence-corrected chi connectivity index (χ0v) is 18.7. The highest BCUT2D eigenvalue weighted by molar-refractivity contribution is 5.69. The van der Waals surface area contributed by atoms with Crippen LogP contribution in [0.3, 0.4) is 0 Å². The lowest BCUT2D eigenvalue weighted by atomic mass is 9.98. The Balaban J connectivity index is 1.74. The molecule has 0 fully saturated rings. The minimum atomic E-state index is -0.685. The third-order valence-corrected chi connectivity index (χ3v) is 5.36. The van der Waals surface area contributed by atoms with Crippen molar-refractivity contribution in [2.24, 2.45) is 5.92 Å². The summed E-state index contributed by atoms with van der Waals surface area (Å²) in [6.07, 6.45) is 4.50. The van der Waals surface area contributed by atoms with Gasteiger partial charge in [0, 0.05) is 41.2 Å². The number of hydrogen-bond donors (Lipinski definition) is 1. The molecule has 0 aliphatic heterocycles. The van der Waals surface area contributed by atoms with Crippen LogP contribution in [0.15, 0.2) is 73.1 Å². The maximum absolute atomic E-state index is 10.6. The molecule has 0 amide bonds. The van der Waals surface area contributed by atoms with Crippen LogP contribution in [0.25, 0.3) is 22.5 Å². The molecule has 4 rings (SSSR count). The van der Waals surface area contributed by atoms with E-state index in [0.29, 0.717) is 23.7 Å². The molecule has 0 bridgehead atoms. The molecule has 0 saturated carbocycles. The molecule has 0 aliphatic rings. The molecular formula is C27H28N4O. The van der Waals surface area contributed by atoms with E-state index in [2.05, 4.69) is 46.1 Å². The molecule has 0 radical (unpaired) electrons. The Morgan fingerprint density at radius 3 is 2.41 bits per heavy atom. The predicted molar refractivity (Wildman–Crippen MR) is 127 cm³/mol. The third kappa shape index (κ3) is 5.06. The van der Waals surface area contributed by atoms with Gasteiger partial charge in [0.2, 0.25) is 0 Å². The van der Waals surface area contributed by atoms with Gasteiger partial charge in [0.15, 0.2) is 0 Å². The van der Waals surface area contributed by atoms with Crippen molar-refractivity contribution in [1.82, 2.24) is 20.2 Å². The van der Waals surface area contributed by atoms with Crippen molar-refractivity contribution in [3.63, 3.8) is 0 Å². The number of aliphatic hydroxyl groups is 1. The molecule has 0 spiro atoms. The van der Waals surface area contributed by atoms with Gasteiger partial charge in [-0.2, -0.15) is 0 Å². The van der Waals surface area contributed by atoms with Gasteiger partial charge in [-0.15, -0.1) is 10.2 Å². The molecule has 0 saturated heterocycles. The Morgan fingerprint density at radius 2 is 1.66 bits per heavy atom. The second-order valence-electron chi connectivity index (χ2n) is 8.50. The predicted octanol–water partition coefficient (Wildman–Crippen LogP) is 5.44. The van der Waals surface area contributed by atoms with E-state index in [0.717, 1.165) is 34.5 Å². The van der Waals surface area contributed by atoms with Gasteiger partial charge in [-0.25, -0.2) is 0 Å². The van der Waals surface area contributed by atoms with Crippen molar-refractivity contribution in [3.8, 4) is 22.5 Å². The molecule has 32 heavy (non-hydrogen) atoms. The number of benzene rings is 1. The van der Waals surface area contributed by atoms with Gasteiger partial charge in [0.1, 0.15) is 0 Å². The summed E-state index contributed by atoms with van der Waals surface area (Å²) in [5.41, 5.74) is 7.10. The number of pyridine rings is 2. The van der Waals surface area contributed by atoms with Crippen LogP contribution in [0.4, 0.5) is 0 Å². The van der Waals surface area contributed by atoms with Crippen molar-refractivity contribution in [2.75, 3.05) is 0 Å². The van der Waals surface area contributed by atoms with E-state index >= 15 is 0 Å². The van der Waals surface area contributed by atoms with E-state index < -0.39 is 6.10 Å². The SMILES string of the molecule is CC(C)Cc1cc(-c2nnc(-c3cccnc3Cc3ccccc3)cc2C(C)O)ccn1. The molecule has 4 aromatic rings. The number of aromatic nitrogens is 4. The highest BCUT2D eigenvalue weighted by atomic mass is 16.3. The van der Waals surface area contributed by atoms with Gasteiger partial charge in [0.05, 0.1) is 23.2 Å². The number of aliphatic hydroxyl groups excluding tert-OH is 1. The molecule has 1 atom stereocenters. The normalized spacial score (nSPS) is 12.2. The standard InChI is InChI=1S/C27H28N4O/c1-18(2)14-22-16-21(11-13-28-22)27-24(19(3)32)17-26(30-31-27)23-10-7-12-29-25(23)15-20-8-5-4-6-9-20/h4-13,16-19,32H,14-15H2,1-3H3. The zero-order chi connectivity index (χ0) is 22.5. The fourth-order valence-corrected chi connectivity index (χ4v) is 3.84. The van der Waals surface area contributed by atoms with Crippen LogP contribution in [0, 0.1) is 5.92 Å². The first kappa shape index (κ1) is 21.8. The summed E-state index contributed by atoms with van der Waals surface area (Å²) in [7, 11) is 0. The van der Waals surface area contributed by atoms with Gasteiger partial charge in [-0.3, -0.25) is 9.97 Å². The molecule has 5 nitrogen and oxygen atoms in total. The monoisotopic (exact) mass is 424 g/mol. The molecule has 3 aromatic heterocycles. The van der Waals surface area contributed by atoms with Gasteiger partial charge in [-0.05, 0) is 55.2 Å². The highest BCUT2D eigenvalue weighted by Crippen LogP contribution is 2.31. The van der Waals surface area contributed by atoms with E-state index in [4.69, 9.17) is 0 Å². The molecule has 3 heterocycles. The topological polar surface area (TPSA) is 71.8 Å².